The number of anilines is 3. The summed E-state index contributed by atoms with van der Waals surface area (Å²) in [5.41, 5.74) is 2.55. The lowest BCUT2D eigenvalue weighted by Gasteiger charge is -2.11. The number of halogens is 1. The van der Waals surface area contributed by atoms with Gasteiger partial charge in [-0.15, -0.1) is 0 Å². The Morgan fingerprint density at radius 2 is 2.00 bits per heavy atom. The van der Waals surface area contributed by atoms with Crippen molar-refractivity contribution in [1.82, 2.24) is 9.97 Å². The number of amides is 1. The van der Waals surface area contributed by atoms with Gasteiger partial charge in [0.05, 0.1) is 12.8 Å². The van der Waals surface area contributed by atoms with Gasteiger partial charge in [-0.2, -0.15) is 0 Å². The first-order chi connectivity index (χ1) is 12.5. The summed E-state index contributed by atoms with van der Waals surface area (Å²) in [5.74, 6) is 0.525. The molecule has 0 aliphatic heterocycles. The lowest BCUT2D eigenvalue weighted by molar-refractivity contribution is 0.102. The first kappa shape index (κ1) is 17.7. The lowest BCUT2D eigenvalue weighted by Crippen LogP contribution is -2.15. The van der Waals surface area contributed by atoms with Crippen molar-refractivity contribution in [3.63, 3.8) is 0 Å². The summed E-state index contributed by atoms with van der Waals surface area (Å²) in [4.78, 5) is 20.9. The molecule has 1 heterocycles. The minimum atomic E-state index is -0.356. The van der Waals surface area contributed by atoms with Crippen LogP contribution in [0.1, 0.15) is 16.1 Å². The van der Waals surface area contributed by atoms with Gasteiger partial charge in [0.2, 0.25) is 5.95 Å². The molecule has 0 fully saturated rings. The SMILES string of the molecule is COc1ccc(C)cc1NC(=O)c1ccnc(Nc2cccc(Cl)c2)n1. The van der Waals surface area contributed by atoms with Crippen LogP contribution in [0.15, 0.2) is 54.7 Å². The molecule has 3 aromatic rings. The molecule has 1 aromatic heterocycles. The minimum absolute atomic E-state index is 0.230. The molecule has 0 aliphatic carbocycles. The topological polar surface area (TPSA) is 76.1 Å². The van der Waals surface area contributed by atoms with Crippen molar-refractivity contribution in [2.45, 2.75) is 6.92 Å². The Bertz CT molecular complexity index is 946. The average molecular weight is 369 g/mol. The van der Waals surface area contributed by atoms with Gasteiger partial charge < -0.3 is 15.4 Å². The molecule has 0 spiro atoms. The van der Waals surface area contributed by atoms with Crippen molar-refractivity contribution >= 4 is 34.8 Å². The molecule has 0 unspecified atom stereocenters. The number of ether oxygens (including phenoxy) is 1. The van der Waals surface area contributed by atoms with Crippen LogP contribution in [0.2, 0.25) is 5.02 Å². The monoisotopic (exact) mass is 368 g/mol. The van der Waals surface area contributed by atoms with Crippen molar-refractivity contribution in [1.29, 1.82) is 0 Å². The fourth-order valence-electron chi connectivity index (χ4n) is 2.35. The molecule has 2 N–H and O–H groups in total. The van der Waals surface area contributed by atoms with Gasteiger partial charge >= 0.3 is 0 Å². The number of carbonyl (C=O) groups is 1. The fourth-order valence-corrected chi connectivity index (χ4v) is 2.54. The van der Waals surface area contributed by atoms with Crippen LogP contribution in [0, 0.1) is 6.92 Å². The van der Waals surface area contributed by atoms with E-state index in [-0.39, 0.29) is 11.6 Å². The minimum Gasteiger partial charge on any atom is -0.495 e. The van der Waals surface area contributed by atoms with Gasteiger partial charge in [0, 0.05) is 16.9 Å². The molecule has 1 amide bonds. The van der Waals surface area contributed by atoms with Crippen molar-refractivity contribution in [3.05, 3.63) is 71.0 Å². The third-order valence-electron chi connectivity index (χ3n) is 3.57. The summed E-state index contributed by atoms with van der Waals surface area (Å²) in [6.07, 6.45) is 1.52. The first-order valence-electron chi connectivity index (χ1n) is 7.87. The van der Waals surface area contributed by atoms with E-state index in [2.05, 4.69) is 20.6 Å². The smallest absolute Gasteiger partial charge is 0.274 e. The molecule has 6 nitrogen and oxygen atoms in total. The van der Waals surface area contributed by atoms with E-state index in [9.17, 15) is 4.79 Å². The molecule has 3 rings (SSSR count). The summed E-state index contributed by atoms with van der Waals surface area (Å²) in [7, 11) is 1.55. The Morgan fingerprint density at radius 1 is 1.15 bits per heavy atom. The maximum Gasteiger partial charge on any atom is 0.274 e. The van der Waals surface area contributed by atoms with Crippen molar-refractivity contribution in [2.75, 3.05) is 17.7 Å². The van der Waals surface area contributed by atoms with Gasteiger partial charge in [-0.25, -0.2) is 9.97 Å². The molecular formula is C19H17ClN4O2. The Morgan fingerprint density at radius 3 is 2.77 bits per heavy atom. The number of rotatable bonds is 5. The number of nitrogens with one attached hydrogen (secondary N) is 2. The molecule has 0 saturated heterocycles. The third kappa shape index (κ3) is 4.29. The number of benzene rings is 2. The van der Waals surface area contributed by atoms with Gasteiger partial charge in [-0.1, -0.05) is 23.7 Å². The fraction of sp³-hybridized carbons (Fsp3) is 0.105. The van der Waals surface area contributed by atoms with Crippen LogP contribution in [-0.2, 0) is 0 Å². The zero-order valence-corrected chi connectivity index (χ0v) is 15.0. The highest BCUT2D eigenvalue weighted by Crippen LogP contribution is 2.25. The van der Waals surface area contributed by atoms with Gasteiger partial charge in [0.15, 0.2) is 0 Å². The van der Waals surface area contributed by atoms with E-state index in [1.807, 2.05) is 31.2 Å². The molecule has 0 saturated carbocycles. The highest BCUT2D eigenvalue weighted by Gasteiger charge is 2.12. The van der Waals surface area contributed by atoms with E-state index < -0.39 is 0 Å². The molecule has 2 aromatic carbocycles. The van der Waals surface area contributed by atoms with E-state index in [4.69, 9.17) is 16.3 Å². The molecule has 0 radical (unpaired) electrons. The van der Waals surface area contributed by atoms with Crippen LogP contribution in [0.5, 0.6) is 5.75 Å². The number of aromatic nitrogens is 2. The number of carbonyl (C=O) groups excluding carboxylic acids is 1. The van der Waals surface area contributed by atoms with E-state index in [0.717, 1.165) is 11.3 Å². The largest absolute Gasteiger partial charge is 0.495 e. The first-order valence-corrected chi connectivity index (χ1v) is 8.24. The lowest BCUT2D eigenvalue weighted by atomic mass is 10.2. The zero-order chi connectivity index (χ0) is 18.5. The van der Waals surface area contributed by atoms with Crippen LogP contribution in [-0.4, -0.2) is 23.0 Å². The number of hydrogen-bond donors (Lipinski definition) is 2. The Kier molecular flexibility index (Phi) is 5.34. The van der Waals surface area contributed by atoms with E-state index in [0.29, 0.717) is 22.4 Å². The van der Waals surface area contributed by atoms with Crippen LogP contribution in [0.4, 0.5) is 17.3 Å². The molecule has 0 bridgehead atoms. The van der Waals surface area contributed by atoms with Crippen LogP contribution >= 0.6 is 11.6 Å². The van der Waals surface area contributed by atoms with Crippen LogP contribution in [0.25, 0.3) is 0 Å². The summed E-state index contributed by atoms with van der Waals surface area (Å²) in [5, 5.41) is 6.43. The van der Waals surface area contributed by atoms with Crippen molar-refractivity contribution in [3.8, 4) is 5.75 Å². The highest BCUT2D eigenvalue weighted by molar-refractivity contribution is 6.30. The van der Waals surface area contributed by atoms with E-state index in [1.165, 1.54) is 6.20 Å². The molecule has 0 aliphatic rings. The molecule has 26 heavy (non-hydrogen) atoms. The maximum atomic E-state index is 12.5. The number of nitrogens with zero attached hydrogens (tertiary/aromatic N) is 2. The second kappa shape index (κ2) is 7.84. The molecule has 132 valence electrons. The predicted molar refractivity (Wildman–Crippen MR) is 102 cm³/mol. The van der Waals surface area contributed by atoms with Gasteiger partial charge in [0.1, 0.15) is 11.4 Å². The summed E-state index contributed by atoms with van der Waals surface area (Å²) in [6, 6.07) is 14.2. The van der Waals surface area contributed by atoms with Crippen LogP contribution in [0.3, 0.4) is 0 Å². The van der Waals surface area contributed by atoms with Crippen LogP contribution < -0.4 is 15.4 Å². The highest BCUT2D eigenvalue weighted by atomic mass is 35.5. The van der Waals surface area contributed by atoms with Crippen molar-refractivity contribution < 1.29 is 9.53 Å². The second-order valence-corrected chi connectivity index (χ2v) is 6.00. The Balaban J connectivity index is 1.79. The van der Waals surface area contributed by atoms with Gasteiger partial charge in [-0.3, -0.25) is 4.79 Å². The Hall–Kier alpha value is -3.12. The molecular weight excluding hydrogens is 352 g/mol. The molecule has 0 atom stereocenters. The quantitative estimate of drug-likeness (QED) is 0.696. The predicted octanol–water partition coefficient (Wildman–Crippen LogP) is 4.44. The summed E-state index contributed by atoms with van der Waals surface area (Å²) >= 11 is 5.97. The van der Waals surface area contributed by atoms with E-state index >= 15 is 0 Å². The van der Waals surface area contributed by atoms with Gasteiger partial charge in [0.25, 0.3) is 5.91 Å². The number of aryl methyl sites for hydroxylation is 1. The number of methoxy groups -OCH3 is 1. The Labute approximate surface area is 156 Å². The second-order valence-electron chi connectivity index (χ2n) is 5.56. The normalized spacial score (nSPS) is 10.3. The number of hydrogen-bond acceptors (Lipinski definition) is 5. The summed E-state index contributed by atoms with van der Waals surface area (Å²) < 4.78 is 5.28. The zero-order valence-electron chi connectivity index (χ0n) is 14.3. The van der Waals surface area contributed by atoms with Crippen molar-refractivity contribution in [2.24, 2.45) is 0 Å². The summed E-state index contributed by atoms with van der Waals surface area (Å²) in [6.45, 7) is 1.94. The third-order valence-corrected chi connectivity index (χ3v) is 3.81. The average Bonchev–Trinajstić information content (AvgIpc) is 2.62. The maximum absolute atomic E-state index is 12.5. The van der Waals surface area contributed by atoms with E-state index in [1.54, 1.807) is 31.4 Å². The van der Waals surface area contributed by atoms with Gasteiger partial charge in [-0.05, 0) is 48.9 Å². The standard InChI is InChI=1S/C19H17ClN4O2/c1-12-6-7-17(26-2)16(10-12)23-18(25)15-8-9-21-19(24-15)22-14-5-3-4-13(20)11-14/h3-11H,1-2H3,(H,23,25)(H,21,22,24). The molecule has 7 heteroatoms.